The molecular formula is C17H27N4OS+. The van der Waals surface area contributed by atoms with Crippen LogP contribution in [0.4, 0.5) is 0 Å². The number of thiocarbonyl (C=S) groups is 1. The first-order valence-electron chi connectivity index (χ1n) is 8.23. The summed E-state index contributed by atoms with van der Waals surface area (Å²) in [5, 5.41) is 7.92. The minimum atomic E-state index is 0.546. The second-order valence-corrected chi connectivity index (χ2v) is 6.47. The van der Waals surface area contributed by atoms with Gasteiger partial charge in [-0.1, -0.05) is 38.1 Å². The average Bonchev–Trinajstić information content (AvgIpc) is 2.56. The van der Waals surface area contributed by atoms with Crippen molar-refractivity contribution in [1.82, 2.24) is 10.7 Å². The van der Waals surface area contributed by atoms with Gasteiger partial charge in [0.05, 0.1) is 32.5 Å². The Morgan fingerprint density at radius 3 is 2.65 bits per heavy atom. The summed E-state index contributed by atoms with van der Waals surface area (Å²) in [6.07, 6.45) is 1.78. The predicted molar refractivity (Wildman–Crippen MR) is 98.2 cm³/mol. The van der Waals surface area contributed by atoms with Gasteiger partial charge in [-0.05, 0) is 29.3 Å². The van der Waals surface area contributed by atoms with Gasteiger partial charge in [0.2, 0.25) is 0 Å². The van der Waals surface area contributed by atoms with E-state index in [1.54, 1.807) is 11.1 Å². The van der Waals surface area contributed by atoms with Gasteiger partial charge in [0.15, 0.2) is 5.11 Å². The molecule has 0 spiro atoms. The zero-order valence-corrected chi connectivity index (χ0v) is 14.8. The van der Waals surface area contributed by atoms with Crippen LogP contribution in [0.15, 0.2) is 29.4 Å². The molecular weight excluding hydrogens is 308 g/mol. The zero-order chi connectivity index (χ0) is 16.5. The zero-order valence-electron chi connectivity index (χ0n) is 14.0. The van der Waals surface area contributed by atoms with E-state index in [-0.39, 0.29) is 0 Å². The number of hydrazone groups is 1. The van der Waals surface area contributed by atoms with E-state index in [0.717, 1.165) is 45.0 Å². The van der Waals surface area contributed by atoms with Crippen molar-refractivity contribution in [3.8, 4) is 0 Å². The third-order valence-corrected chi connectivity index (χ3v) is 4.18. The van der Waals surface area contributed by atoms with Crippen LogP contribution in [0.2, 0.25) is 0 Å². The van der Waals surface area contributed by atoms with Gasteiger partial charge in [-0.3, -0.25) is 5.43 Å². The minimum Gasteiger partial charge on any atom is -0.370 e. The molecule has 0 bridgehead atoms. The van der Waals surface area contributed by atoms with E-state index in [1.165, 1.54) is 5.56 Å². The molecule has 1 heterocycles. The van der Waals surface area contributed by atoms with Crippen molar-refractivity contribution < 1.29 is 9.64 Å². The van der Waals surface area contributed by atoms with Crippen molar-refractivity contribution in [2.45, 2.75) is 19.8 Å². The highest BCUT2D eigenvalue weighted by Gasteiger charge is 2.12. The van der Waals surface area contributed by atoms with E-state index >= 15 is 0 Å². The second kappa shape index (κ2) is 9.60. The standard InChI is InChI=1S/C17H26N4OS/c1-14(2)16-5-3-15(4-6-16)13-19-20-17(23)18-7-8-21-9-11-22-12-10-21/h3-6,13-14H,7-12H2,1-2H3,(H2,18,20,23)/p+1/b19-13-. The topological polar surface area (TPSA) is 50.1 Å². The molecule has 0 unspecified atom stereocenters. The Bertz CT molecular complexity index is 510. The van der Waals surface area contributed by atoms with Crippen LogP contribution in [-0.4, -0.2) is 50.7 Å². The fourth-order valence-electron chi connectivity index (χ4n) is 2.43. The quantitative estimate of drug-likeness (QED) is 0.403. The summed E-state index contributed by atoms with van der Waals surface area (Å²) in [6, 6.07) is 8.40. The van der Waals surface area contributed by atoms with Crippen molar-refractivity contribution in [3.63, 3.8) is 0 Å². The highest BCUT2D eigenvalue weighted by molar-refractivity contribution is 7.80. The Morgan fingerprint density at radius 2 is 2.00 bits per heavy atom. The van der Waals surface area contributed by atoms with E-state index in [9.17, 15) is 0 Å². The molecule has 2 rings (SSSR count). The average molecular weight is 335 g/mol. The molecule has 3 N–H and O–H groups in total. The maximum absolute atomic E-state index is 5.34. The van der Waals surface area contributed by atoms with Crippen molar-refractivity contribution in [1.29, 1.82) is 0 Å². The molecule has 23 heavy (non-hydrogen) atoms. The monoisotopic (exact) mass is 335 g/mol. The number of benzene rings is 1. The lowest BCUT2D eigenvalue weighted by Gasteiger charge is -2.23. The van der Waals surface area contributed by atoms with Gasteiger partial charge < -0.3 is 15.0 Å². The van der Waals surface area contributed by atoms with Crippen molar-refractivity contribution >= 4 is 23.5 Å². The molecule has 0 saturated carbocycles. The molecule has 1 fully saturated rings. The number of rotatable bonds is 6. The Hall–Kier alpha value is -1.50. The molecule has 6 heteroatoms. The summed E-state index contributed by atoms with van der Waals surface area (Å²) in [4.78, 5) is 1.56. The molecule has 1 aliphatic rings. The van der Waals surface area contributed by atoms with E-state index in [2.05, 4.69) is 54.0 Å². The largest absolute Gasteiger partial charge is 0.370 e. The number of hydrogen-bond acceptors (Lipinski definition) is 3. The molecule has 1 aromatic rings. The first-order chi connectivity index (χ1) is 11.1. The number of nitrogens with zero attached hydrogens (tertiary/aromatic N) is 1. The van der Waals surface area contributed by atoms with Crippen LogP contribution in [0, 0.1) is 0 Å². The van der Waals surface area contributed by atoms with Crippen molar-refractivity contribution in [2.75, 3.05) is 39.4 Å². The van der Waals surface area contributed by atoms with Crippen LogP contribution in [0.3, 0.4) is 0 Å². The van der Waals surface area contributed by atoms with E-state index in [4.69, 9.17) is 17.0 Å². The van der Waals surface area contributed by atoms with Crippen LogP contribution >= 0.6 is 12.2 Å². The van der Waals surface area contributed by atoms with Crippen molar-refractivity contribution in [2.24, 2.45) is 5.10 Å². The highest BCUT2D eigenvalue weighted by Crippen LogP contribution is 2.13. The van der Waals surface area contributed by atoms with Gasteiger partial charge in [-0.15, -0.1) is 0 Å². The molecule has 1 saturated heterocycles. The second-order valence-electron chi connectivity index (χ2n) is 6.06. The molecule has 0 aromatic heterocycles. The highest BCUT2D eigenvalue weighted by atomic mass is 32.1. The maximum Gasteiger partial charge on any atom is 0.187 e. The molecule has 0 aliphatic carbocycles. The molecule has 1 aliphatic heterocycles. The van der Waals surface area contributed by atoms with Crippen LogP contribution < -0.4 is 15.6 Å². The van der Waals surface area contributed by atoms with E-state index in [1.807, 2.05) is 0 Å². The molecule has 0 atom stereocenters. The minimum absolute atomic E-state index is 0.546. The molecule has 1 aromatic carbocycles. The summed E-state index contributed by atoms with van der Waals surface area (Å²) in [7, 11) is 0. The van der Waals surface area contributed by atoms with Gasteiger partial charge in [0, 0.05) is 0 Å². The fraction of sp³-hybridized carbons (Fsp3) is 0.529. The number of morpholine rings is 1. The van der Waals surface area contributed by atoms with E-state index < -0.39 is 0 Å². The van der Waals surface area contributed by atoms with Crippen LogP contribution in [0.5, 0.6) is 0 Å². The Morgan fingerprint density at radius 1 is 1.30 bits per heavy atom. The number of nitrogens with one attached hydrogen (secondary N) is 3. The van der Waals surface area contributed by atoms with Gasteiger partial charge >= 0.3 is 0 Å². The van der Waals surface area contributed by atoms with Crippen LogP contribution in [0.25, 0.3) is 0 Å². The lowest BCUT2D eigenvalue weighted by atomic mass is 10.0. The lowest BCUT2D eigenvalue weighted by Crippen LogP contribution is -3.14. The predicted octanol–water partition coefficient (Wildman–Crippen LogP) is 0.523. The van der Waals surface area contributed by atoms with Crippen LogP contribution in [0.1, 0.15) is 30.9 Å². The van der Waals surface area contributed by atoms with Gasteiger partial charge in [-0.25, -0.2) is 0 Å². The Labute approximate surface area is 144 Å². The van der Waals surface area contributed by atoms with Crippen LogP contribution in [-0.2, 0) is 4.74 Å². The summed E-state index contributed by atoms with van der Waals surface area (Å²) in [5.74, 6) is 0.546. The summed E-state index contributed by atoms with van der Waals surface area (Å²) < 4.78 is 5.34. The summed E-state index contributed by atoms with van der Waals surface area (Å²) >= 11 is 5.22. The molecule has 0 amide bonds. The van der Waals surface area contributed by atoms with E-state index in [0.29, 0.717) is 11.0 Å². The fourth-order valence-corrected chi connectivity index (χ4v) is 2.59. The number of hydrogen-bond donors (Lipinski definition) is 3. The Balaban J connectivity index is 1.65. The summed E-state index contributed by atoms with van der Waals surface area (Å²) in [6.45, 7) is 10.1. The third-order valence-electron chi connectivity index (χ3n) is 3.95. The lowest BCUT2D eigenvalue weighted by molar-refractivity contribution is -0.906. The molecule has 0 radical (unpaired) electrons. The first kappa shape index (κ1) is 17.8. The number of quaternary nitrogens is 1. The third kappa shape index (κ3) is 6.64. The van der Waals surface area contributed by atoms with Gasteiger partial charge in [0.25, 0.3) is 0 Å². The SMILES string of the molecule is CC(C)c1ccc(/C=N\NC(=S)NCC[NH+]2CCOCC2)cc1. The smallest absolute Gasteiger partial charge is 0.187 e. The normalized spacial score (nSPS) is 16.0. The first-order valence-corrected chi connectivity index (χ1v) is 8.64. The maximum atomic E-state index is 5.34. The summed E-state index contributed by atoms with van der Waals surface area (Å²) in [5.41, 5.74) is 5.25. The molecule has 5 nitrogen and oxygen atoms in total. The van der Waals surface area contributed by atoms with Crippen molar-refractivity contribution in [3.05, 3.63) is 35.4 Å². The number of ether oxygens (including phenoxy) is 1. The Kier molecular flexibility index (Phi) is 7.45. The van der Waals surface area contributed by atoms with Gasteiger partial charge in [0.1, 0.15) is 13.1 Å². The van der Waals surface area contributed by atoms with Gasteiger partial charge in [-0.2, -0.15) is 5.10 Å². The molecule has 126 valence electrons.